The van der Waals surface area contributed by atoms with E-state index < -0.39 is 5.91 Å². The number of fused-ring (bicyclic) bond motifs is 1. The van der Waals surface area contributed by atoms with Crippen molar-refractivity contribution < 1.29 is 10.0 Å². The maximum absolute atomic E-state index is 12.0. The summed E-state index contributed by atoms with van der Waals surface area (Å²) in [7, 11) is 1.62. The topological polar surface area (TPSA) is 84.2 Å². The SMILES string of the molecule is Cn1c(CCC(=O)NO)nc2ccccc2c1=O. The molecule has 1 amide bonds. The number of aromatic nitrogens is 2. The fourth-order valence-electron chi connectivity index (χ4n) is 1.77. The maximum Gasteiger partial charge on any atom is 0.261 e. The lowest BCUT2D eigenvalue weighted by Crippen LogP contribution is -2.24. The Balaban J connectivity index is 2.43. The van der Waals surface area contributed by atoms with Gasteiger partial charge in [-0.15, -0.1) is 0 Å². The number of hydrogen-bond donors (Lipinski definition) is 2. The first kappa shape index (κ1) is 12.3. The van der Waals surface area contributed by atoms with Gasteiger partial charge in [0.25, 0.3) is 5.56 Å². The van der Waals surface area contributed by atoms with Crippen LogP contribution in [0.2, 0.25) is 0 Å². The second-order valence-electron chi connectivity index (χ2n) is 3.94. The predicted molar refractivity (Wildman–Crippen MR) is 65.2 cm³/mol. The second-order valence-corrected chi connectivity index (χ2v) is 3.94. The Labute approximate surface area is 103 Å². The Bertz CT molecular complexity index is 649. The smallest absolute Gasteiger partial charge is 0.261 e. The minimum absolute atomic E-state index is 0.0785. The first-order valence-electron chi connectivity index (χ1n) is 5.51. The minimum Gasteiger partial charge on any atom is -0.299 e. The molecule has 18 heavy (non-hydrogen) atoms. The van der Waals surface area contributed by atoms with E-state index in [1.54, 1.807) is 36.8 Å². The van der Waals surface area contributed by atoms with Crippen molar-refractivity contribution in [2.75, 3.05) is 0 Å². The average Bonchev–Trinajstić information content (AvgIpc) is 2.41. The number of benzene rings is 1. The number of hydrogen-bond acceptors (Lipinski definition) is 4. The van der Waals surface area contributed by atoms with Crippen LogP contribution >= 0.6 is 0 Å². The van der Waals surface area contributed by atoms with Gasteiger partial charge in [-0.2, -0.15) is 0 Å². The molecule has 0 aliphatic carbocycles. The Morgan fingerprint density at radius 2 is 2.17 bits per heavy atom. The van der Waals surface area contributed by atoms with Crippen LogP contribution in [0, 0.1) is 0 Å². The number of aryl methyl sites for hydroxylation is 1. The lowest BCUT2D eigenvalue weighted by molar-refractivity contribution is -0.129. The van der Waals surface area contributed by atoms with Gasteiger partial charge in [-0.1, -0.05) is 12.1 Å². The van der Waals surface area contributed by atoms with Crippen LogP contribution in [-0.2, 0) is 18.3 Å². The number of hydroxylamine groups is 1. The molecule has 0 aliphatic rings. The molecule has 2 rings (SSSR count). The Morgan fingerprint density at radius 1 is 1.44 bits per heavy atom. The van der Waals surface area contributed by atoms with Crippen molar-refractivity contribution in [1.82, 2.24) is 15.0 Å². The van der Waals surface area contributed by atoms with Gasteiger partial charge in [0.05, 0.1) is 10.9 Å². The molecule has 0 bridgehead atoms. The number of carbonyl (C=O) groups is 1. The van der Waals surface area contributed by atoms with E-state index in [-0.39, 0.29) is 12.0 Å². The third-order valence-corrected chi connectivity index (χ3v) is 2.78. The van der Waals surface area contributed by atoms with Crippen molar-refractivity contribution in [3.8, 4) is 0 Å². The van der Waals surface area contributed by atoms with E-state index in [2.05, 4.69) is 4.98 Å². The molecule has 0 spiro atoms. The van der Waals surface area contributed by atoms with Crippen LogP contribution in [0.3, 0.4) is 0 Å². The maximum atomic E-state index is 12.0. The number of carbonyl (C=O) groups excluding carboxylic acids is 1. The number of nitrogens with one attached hydrogen (secondary N) is 1. The molecule has 94 valence electrons. The van der Waals surface area contributed by atoms with Crippen LogP contribution in [0.15, 0.2) is 29.1 Å². The zero-order valence-corrected chi connectivity index (χ0v) is 9.88. The van der Waals surface area contributed by atoms with E-state index in [1.807, 2.05) is 0 Å². The molecule has 0 unspecified atom stereocenters. The molecule has 6 heteroatoms. The zero-order chi connectivity index (χ0) is 13.1. The quantitative estimate of drug-likeness (QED) is 0.606. The third-order valence-electron chi connectivity index (χ3n) is 2.78. The standard InChI is InChI=1S/C12H13N3O3/c1-15-10(6-7-11(16)14-18)13-9-5-3-2-4-8(9)12(15)17/h2-5,18H,6-7H2,1H3,(H,14,16). The van der Waals surface area contributed by atoms with Crippen molar-refractivity contribution in [3.05, 3.63) is 40.4 Å². The largest absolute Gasteiger partial charge is 0.299 e. The highest BCUT2D eigenvalue weighted by atomic mass is 16.5. The van der Waals surface area contributed by atoms with Crippen molar-refractivity contribution in [1.29, 1.82) is 0 Å². The number of amides is 1. The van der Waals surface area contributed by atoms with Gasteiger partial charge in [0.1, 0.15) is 5.82 Å². The molecule has 0 aliphatic heterocycles. The normalized spacial score (nSPS) is 10.6. The summed E-state index contributed by atoms with van der Waals surface area (Å²) in [5.41, 5.74) is 2.02. The first-order chi connectivity index (χ1) is 8.63. The summed E-state index contributed by atoms with van der Waals surface area (Å²) < 4.78 is 1.42. The Kier molecular flexibility index (Phi) is 3.38. The number of para-hydroxylation sites is 1. The molecule has 0 atom stereocenters. The van der Waals surface area contributed by atoms with E-state index in [4.69, 9.17) is 5.21 Å². The van der Waals surface area contributed by atoms with Crippen molar-refractivity contribution in [3.63, 3.8) is 0 Å². The van der Waals surface area contributed by atoms with Gasteiger partial charge in [-0.05, 0) is 12.1 Å². The number of nitrogens with zero attached hydrogens (tertiary/aromatic N) is 2. The lowest BCUT2D eigenvalue weighted by atomic mass is 10.2. The van der Waals surface area contributed by atoms with Gasteiger partial charge < -0.3 is 0 Å². The highest BCUT2D eigenvalue weighted by Gasteiger charge is 2.09. The molecule has 1 aromatic carbocycles. The molecular formula is C12H13N3O3. The third kappa shape index (κ3) is 2.23. The first-order valence-corrected chi connectivity index (χ1v) is 5.51. The van der Waals surface area contributed by atoms with Gasteiger partial charge in [-0.25, -0.2) is 10.5 Å². The van der Waals surface area contributed by atoms with Crippen LogP contribution in [0.4, 0.5) is 0 Å². The molecule has 1 heterocycles. The Hall–Kier alpha value is -2.21. The highest BCUT2D eigenvalue weighted by Crippen LogP contribution is 2.08. The van der Waals surface area contributed by atoms with Gasteiger partial charge in [0.2, 0.25) is 5.91 Å². The van der Waals surface area contributed by atoms with Gasteiger partial charge in [-0.3, -0.25) is 19.4 Å². The summed E-state index contributed by atoms with van der Waals surface area (Å²) in [4.78, 5) is 27.3. The van der Waals surface area contributed by atoms with E-state index in [0.29, 0.717) is 23.1 Å². The lowest BCUT2D eigenvalue weighted by Gasteiger charge is -2.08. The molecule has 0 fully saturated rings. The van der Waals surface area contributed by atoms with E-state index >= 15 is 0 Å². The molecule has 6 nitrogen and oxygen atoms in total. The zero-order valence-electron chi connectivity index (χ0n) is 9.88. The van der Waals surface area contributed by atoms with Crippen molar-refractivity contribution >= 4 is 16.8 Å². The monoisotopic (exact) mass is 247 g/mol. The van der Waals surface area contributed by atoms with E-state index in [1.165, 1.54) is 4.57 Å². The number of rotatable bonds is 3. The van der Waals surface area contributed by atoms with Crippen LogP contribution in [-0.4, -0.2) is 20.7 Å². The van der Waals surface area contributed by atoms with E-state index in [9.17, 15) is 9.59 Å². The van der Waals surface area contributed by atoms with Crippen LogP contribution in [0.25, 0.3) is 10.9 Å². The molecule has 2 aromatic rings. The molecule has 0 saturated carbocycles. The second kappa shape index (κ2) is 4.97. The van der Waals surface area contributed by atoms with Gasteiger partial charge >= 0.3 is 0 Å². The fourth-order valence-corrected chi connectivity index (χ4v) is 1.77. The van der Waals surface area contributed by atoms with Crippen LogP contribution in [0.1, 0.15) is 12.2 Å². The molecule has 0 radical (unpaired) electrons. The predicted octanol–water partition coefficient (Wildman–Crippen LogP) is 0.371. The van der Waals surface area contributed by atoms with E-state index in [0.717, 1.165) is 0 Å². The summed E-state index contributed by atoms with van der Waals surface area (Å²) in [6.45, 7) is 0. The van der Waals surface area contributed by atoms with Crippen molar-refractivity contribution in [2.24, 2.45) is 7.05 Å². The summed E-state index contributed by atoms with van der Waals surface area (Å²) in [5, 5.41) is 8.97. The van der Waals surface area contributed by atoms with Gasteiger partial charge in [0, 0.05) is 19.9 Å². The average molecular weight is 247 g/mol. The molecule has 1 aromatic heterocycles. The van der Waals surface area contributed by atoms with Crippen LogP contribution < -0.4 is 11.0 Å². The highest BCUT2D eigenvalue weighted by molar-refractivity contribution is 5.77. The summed E-state index contributed by atoms with van der Waals surface area (Å²) in [6.07, 6.45) is 0.373. The molecule has 0 saturated heterocycles. The van der Waals surface area contributed by atoms with Crippen LogP contribution in [0.5, 0.6) is 0 Å². The Morgan fingerprint density at radius 3 is 2.89 bits per heavy atom. The summed E-state index contributed by atoms with van der Waals surface area (Å²) >= 11 is 0. The minimum atomic E-state index is -0.502. The molecule has 2 N–H and O–H groups in total. The fraction of sp³-hybridized carbons (Fsp3) is 0.250. The summed E-state index contributed by atoms with van der Waals surface area (Å²) in [5.74, 6) is 0.0136. The summed E-state index contributed by atoms with van der Waals surface area (Å²) in [6, 6.07) is 7.06. The van der Waals surface area contributed by atoms with Crippen molar-refractivity contribution in [2.45, 2.75) is 12.8 Å². The van der Waals surface area contributed by atoms with Gasteiger partial charge in [0.15, 0.2) is 0 Å². The molecular weight excluding hydrogens is 234 g/mol.